The van der Waals surface area contributed by atoms with Gasteiger partial charge in [-0.25, -0.2) is 9.78 Å². The second kappa shape index (κ2) is 8.92. The van der Waals surface area contributed by atoms with Gasteiger partial charge in [0.15, 0.2) is 0 Å². The fourth-order valence-electron chi connectivity index (χ4n) is 6.57. The van der Waals surface area contributed by atoms with Crippen LogP contribution in [-0.4, -0.2) is 49.4 Å². The maximum absolute atomic E-state index is 14.6. The zero-order valence-corrected chi connectivity index (χ0v) is 21.0. The third kappa shape index (κ3) is 4.30. The summed E-state index contributed by atoms with van der Waals surface area (Å²) in [6.07, 6.45) is -3.04. The van der Waals surface area contributed by atoms with Crippen LogP contribution in [0.15, 0.2) is 42.6 Å². The molecule has 1 spiro atoms. The smallest absolute Gasteiger partial charge is 0.407 e. The number of alkyl halides is 3. The number of benzene rings is 1. The summed E-state index contributed by atoms with van der Waals surface area (Å²) >= 11 is 0. The monoisotopic (exact) mass is 516 g/mol. The van der Waals surface area contributed by atoms with Crippen LogP contribution in [0, 0.1) is 17.3 Å². The minimum Gasteiger partial charge on any atom is -0.449 e. The molecule has 3 N–H and O–H groups in total. The molecule has 1 aromatic carbocycles. The van der Waals surface area contributed by atoms with E-state index in [-0.39, 0.29) is 36.6 Å². The van der Waals surface area contributed by atoms with Crippen LogP contribution >= 0.6 is 0 Å². The van der Waals surface area contributed by atoms with Crippen molar-refractivity contribution in [2.45, 2.75) is 50.2 Å². The predicted molar refractivity (Wildman–Crippen MR) is 131 cm³/mol. The third-order valence-corrected chi connectivity index (χ3v) is 8.61. The van der Waals surface area contributed by atoms with E-state index in [1.54, 1.807) is 6.07 Å². The van der Waals surface area contributed by atoms with Gasteiger partial charge < -0.3 is 20.7 Å². The number of halogens is 3. The highest BCUT2D eigenvalue weighted by Gasteiger charge is 2.65. The van der Waals surface area contributed by atoms with Gasteiger partial charge in [-0.15, -0.1) is 0 Å². The first-order valence-corrected chi connectivity index (χ1v) is 12.5. The molecule has 2 amide bonds. The van der Waals surface area contributed by atoms with Crippen molar-refractivity contribution in [1.82, 2.24) is 15.6 Å². The van der Waals surface area contributed by atoms with Gasteiger partial charge in [0.05, 0.1) is 5.92 Å². The predicted octanol–water partition coefficient (Wildman–Crippen LogP) is 4.15. The third-order valence-electron chi connectivity index (χ3n) is 8.61. The lowest BCUT2D eigenvalue weighted by atomic mass is 9.48. The fourth-order valence-corrected chi connectivity index (χ4v) is 6.57. The minimum atomic E-state index is -4.63. The number of hydrogen-bond donors (Lipinski definition) is 3. The van der Waals surface area contributed by atoms with Crippen molar-refractivity contribution in [2.24, 2.45) is 17.3 Å². The number of pyridine rings is 1. The average Bonchev–Trinajstić information content (AvgIpc) is 3.11. The number of cyclic esters (lactones) is 1. The van der Waals surface area contributed by atoms with Gasteiger partial charge >= 0.3 is 12.3 Å². The first-order chi connectivity index (χ1) is 17.5. The summed E-state index contributed by atoms with van der Waals surface area (Å²) in [5.41, 5.74) is 1.33. The number of nitrogens with zero attached hydrogens (tertiary/aromatic N) is 1. The van der Waals surface area contributed by atoms with E-state index in [0.717, 1.165) is 6.42 Å². The molecule has 0 bridgehead atoms. The molecule has 2 fully saturated rings. The zero-order chi connectivity index (χ0) is 26.6. The molecule has 37 heavy (non-hydrogen) atoms. The number of hydrogen-bond acceptors (Lipinski definition) is 5. The highest BCUT2D eigenvalue weighted by atomic mass is 19.4. The van der Waals surface area contributed by atoms with Crippen molar-refractivity contribution < 1.29 is 27.5 Å². The largest absolute Gasteiger partial charge is 0.449 e. The molecular weight excluding hydrogens is 485 g/mol. The maximum Gasteiger partial charge on any atom is 0.407 e. The second-order valence-corrected chi connectivity index (χ2v) is 11.0. The van der Waals surface area contributed by atoms with Gasteiger partial charge in [-0.3, -0.25) is 4.79 Å². The minimum absolute atomic E-state index is 0.0121. The summed E-state index contributed by atoms with van der Waals surface area (Å²) in [6.45, 7) is 4.16. The van der Waals surface area contributed by atoms with E-state index in [2.05, 4.69) is 46.9 Å². The summed E-state index contributed by atoms with van der Waals surface area (Å²) in [4.78, 5) is 28.4. The molecule has 5 rings (SSSR count). The van der Waals surface area contributed by atoms with E-state index in [1.165, 1.54) is 30.4 Å². The van der Waals surface area contributed by atoms with Gasteiger partial charge in [0.2, 0.25) is 5.91 Å². The number of anilines is 1. The Labute approximate surface area is 213 Å². The number of carbonyl (C=O) groups excluding carboxylic acids is 2. The molecule has 7 nitrogen and oxygen atoms in total. The molecule has 0 radical (unpaired) electrons. The van der Waals surface area contributed by atoms with Crippen molar-refractivity contribution in [1.29, 1.82) is 0 Å². The van der Waals surface area contributed by atoms with Crippen LogP contribution in [0.4, 0.5) is 23.8 Å². The molecule has 2 heterocycles. The molecule has 1 aromatic heterocycles. The summed E-state index contributed by atoms with van der Waals surface area (Å²) in [5, 5.41) is 8.42. The van der Waals surface area contributed by atoms with Crippen molar-refractivity contribution in [2.75, 3.05) is 25.5 Å². The summed E-state index contributed by atoms with van der Waals surface area (Å²) in [6, 6.07) is 11.3. The van der Waals surface area contributed by atoms with Crippen LogP contribution in [0.1, 0.15) is 42.9 Å². The number of rotatable bonds is 5. The Hall–Kier alpha value is -3.30. The van der Waals surface area contributed by atoms with Crippen LogP contribution in [0.3, 0.4) is 0 Å². The number of amides is 2. The normalized spacial score (nSPS) is 28.9. The Morgan fingerprint density at radius 1 is 1.22 bits per heavy atom. The van der Waals surface area contributed by atoms with E-state index in [0.29, 0.717) is 5.82 Å². The number of nitrogens with one attached hydrogen (secondary N) is 3. The molecular formula is C27H31F3N4O3. The molecule has 10 heteroatoms. The number of alkyl carbamates (subject to hydrolysis) is 1. The van der Waals surface area contributed by atoms with Gasteiger partial charge in [0, 0.05) is 42.6 Å². The van der Waals surface area contributed by atoms with Gasteiger partial charge in [0.25, 0.3) is 0 Å². The van der Waals surface area contributed by atoms with Gasteiger partial charge in [0.1, 0.15) is 12.4 Å². The highest BCUT2D eigenvalue weighted by Crippen LogP contribution is 2.61. The van der Waals surface area contributed by atoms with Crippen LogP contribution in [0.5, 0.6) is 0 Å². The lowest BCUT2D eigenvalue weighted by molar-refractivity contribution is -0.213. The van der Waals surface area contributed by atoms with Crippen LogP contribution < -0.4 is 16.0 Å². The van der Waals surface area contributed by atoms with Gasteiger partial charge in [-0.2, -0.15) is 13.2 Å². The van der Waals surface area contributed by atoms with Crippen molar-refractivity contribution >= 4 is 17.8 Å². The Morgan fingerprint density at radius 2 is 1.97 bits per heavy atom. The maximum atomic E-state index is 14.6. The number of fused-ring (bicyclic) bond motifs is 1. The van der Waals surface area contributed by atoms with E-state index in [4.69, 9.17) is 4.74 Å². The fraction of sp³-hybridized carbons (Fsp3) is 0.519. The van der Waals surface area contributed by atoms with Gasteiger partial charge in [-0.05, 0) is 41.5 Å². The first-order valence-electron chi connectivity index (χ1n) is 12.5. The standard InChI is InChI=1S/C27H31F3N4O3/c1-25(2)18-7-5-4-6-15(18)10-19(25)34-20-9-8-16(12-32-20)21(27(28,29)30)22-17(23(35)31-3)11-26(22)13-33-24(36)37-14-26/h4-9,12,17,19,21-22H,10-11,13-14H2,1-3H3,(H,31,35)(H,32,34)(H,33,36)/t17?,19?,21-,22?,26?/m1/s1. The Kier molecular flexibility index (Phi) is 6.11. The van der Waals surface area contributed by atoms with E-state index in [9.17, 15) is 22.8 Å². The molecule has 3 aliphatic rings. The summed E-state index contributed by atoms with van der Waals surface area (Å²) < 4.78 is 48.9. The summed E-state index contributed by atoms with van der Waals surface area (Å²) in [5.74, 6) is -3.84. The van der Waals surface area contributed by atoms with Crippen LogP contribution in [0.25, 0.3) is 0 Å². The van der Waals surface area contributed by atoms with Crippen molar-refractivity contribution in [3.05, 3.63) is 59.3 Å². The zero-order valence-electron chi connectivity index (χ0n) is 21.0. The Bertz CT molecular complexity index is 1190. The average molecular weight is 517 g/mol. The molecule has 2 aromatic rings. The van der Waals surface area contributed by atoms with Gasteiger partial charge in [-0.1, -0.05) is 44.2 Å². The molecule has 2 aliphatic carbocycles. The van der Waals surface area contributed by atoms with E-state index < -0.39 is 41.3 Å². The van der Waals surface area contributed by atoms with E-state index in [1.807, 2.05) is 12.1 Å². The van der Waals surface area contributed by atoms with Crippen molar-refractivity contribution in [3.63, 3.8) is 0 Å². The molecule has 4 unspecified atom stereocenters. The second-order valence-electron chi connectivity index (χ2n) is 11.0. The Balaban J connectivity index is 1.42. The van der Waals surface area contributed by atoms with Crippen LogP contribution in [-0.2, 0) is 21.4 Å². The molecule has 1 saturated heterocycles. The topological polar surface area (TPSA) is 92.4 Å². The molecule has 5 atom stereocenters. The Morgan fingerprint density at radius 3 is 2.57 bits per heavy atom. The van der Waals surface area contributed by atoms with E-state index >= 15 is 0 Å². The summed E-state index contributed by atoms with van der Waals surface area (Å²) in [7, 11) is 1.41. The van der Waals surface area contributed by atoms with Crippen molar-refractivity contribution in [3.8, 4) is 0 Å². The number of aromatic nitrogens is 1. The molecule has 1 saturated carbocycles. The lowest BCUT2D eigenvalue weighted by Crippen LogP contribution is -2.65. The number of ether oxygens (including phenoxy) is 1. The first kappa shape index (κ1) is 25.4. The highest BCUT2D eigenvalue weighted by molar-refractivity contribution is 5.80. The number of carbonyl (C=O) groups is 2. The molecule has 1 aliphatic heterocycles. The SMILES string of the molecule is CNC(=O)C1CC2(CNC(=O)OC2)C1[C@@H](c1ccc(NC2Cc3ccccc3C2(C)C)nc1)C(F)(F)F. The quantitative estimate of drug-likeness (QED) is 0.556. The lowest BCUT2D eigenvalue weighted by Gasteiger charge is -2.58. The molecule has 198 valence electrons. The van der Waals surface area contributed by atoms with Crippen LogP contribution in [0.2, 0.25) is 0 Å².